The van der Waals surface area contributed by atoms with Crippen molar-refractivity contribution in [2.24, 2.45) is 0 Å². The van der Waals surface area contributed by atoms with Crippen LogP contribution >= 0.6 is 24.0 Å². The van der Waals surface area contributed by atoms with Gasteiger partial charge >= 0.3 is 5.97 Å². The van der Waals surface area contributed by atoms with Gasteiger partial charge in [0.05, 0.1) is 4.91 Å². The number of rotatable bonds is 6. The Morgan fingerprint density at radius 2 is 1.83 bits per heavy atom. The van der Waals surface area contributed by atoms with Crippen molar-refractivity contribution in [2.45, 2.75) is 6.92 Å². The maximum Gasteiger partial charge on any atom is 0.341 e. The molecular formula is C20H16N2O5S2. The van der Waals surface area contributed by atoms with Crippen LogP contribution in [-0.2, 0) is 9.59 Å². The zero-order chi connectivity index (χ0) is 21.0. The fourth-order valence-corrected chi connectivity index (χ4v) is 3.57. The zero-order valence-corrected chi connectivity index (χ0v) is 16.9. The lowest BCUT2D eigenvalue weighted by Gasteiger charge is -2.15. The van der Waals surface area contributed by atoms with E-state index in [9.17, 15) is 14.4 Å². The van der Waals surface area contributed by atoms with Crippen molar-refractivity contribution in [3.05, 3.63) is 70.1 Å². The number of aryl methyl sites for hydroxylation is 1. The zero-order valence-electron chi connectivity index (χ0n) is 15.2. The molecule has 0 aromatic heterocycles. The topological polar surface area (TPSA) is 95.9 Å². The van der Waals surface area contributed by atoms with Crippen molar-refractivity contribution < 1.29 is 24.2 Å². The molecule has 0 radical (unpaired) electrons. The molecule has 29 heavy (non-hydrogen) atoms. The smallest absolute Gasteiger partial charge is 0.341 e. The number of carboxylic acids is 1. The van der Waals surface area contributed by atoms with Crippen LogP contribution in [0.5, 0.6) is 5.75 Å². The normalized spacial score (nSPS) is 14.9. The average Bonchev–Trinajstić information content (AvgIpc) is 2.95. The summed E-state index contributed by atoms with van der Waals surface area (Å²) in [5.74, 6) is -1.51. The van der Waals surface area contributed by atoms with Crippen LogP contribution in [0.4, 0.5) is 0 Å². The second-order valence-electron chi connectivity index (χ2n) is 6.08. The second-order valence-corrected chi connectivity index (χ2v) is 7.75. The number of nitrogens with zero attached hydrogens (tertiary/aromatic N) is 1. The first-order valence-corrected chi connectivity index (χ1v) is 9.66. The van der Waals surface area contributed by atoms with Gasteiger partial charge in [-0.1, -0.05) is 41.6 Å². The van der Waals surface area contributed by atoms with E-state index < -0.39 is 24.4 Å². The number of nitrogens with one attached hydrogen (secondary N) is 1. The molecule has 1 heterocycles. The number of thiocarbonyl (C=S) groups is 1. The Hall–Kier alpha value is -3.17. The highest BCUT2D eigenvalue weighted by Gasteiger charge is 2.33. The van der Waals surface area contributed by atoms with Crippen LogP contribution in [0.1, 0.15) is 21.5 Å². The lowest BCUT2D eigenvalue weighted by atomic mass is 10.1. The first-order chi connectivity index (χ1) is 13.8. The fourth-order valence-electron chi connectivity index (χ4n) is 2.39. The molecule has 0 unspecified atom stereocenters. The molecule has 0 atom stereocenters. The molecule has 0 saturated carbocycles. The molecule has 2 N–H and O–H groups in total. The highest BCUT2D eigenvalue weighted by atomic mass is 32.2. The van der Waals surface area contributed by atoms with Crippen molar-refractivity contribution >= 4 is 52.2 Å². The van der Waals surface area contributed by atoms with Gasteiger partial charge in [0.1, 0.15) is 5.75 Å². The van der Waals surface area contributed by atoms with E-state index in [4.69, 9.17) is 22.1 Å². The molecule has 1 aliphatic rings. The molecular weight excluding hydrogens is 412 g/mol. The summed E-state index contributed by atoms with van der Waals surface area (Å²) in [6.07, 6.45) is 1.64. The number of hydrazine groups is 1. The van der Waals surface area contributed by atoms with E-state index in [-0.39, 0.29) is 4.32 Å². The number of carbonyl (C=O) groups excluding carboxylic acids is 2. The second kappa shape index (κ2) is 8.89. The summed E-state index contributed by atoms with van der Waals surface area (Å²) in [5, 5.41) is 9.68. The van der Waals surface area contributed by atoms with Crippen LogP contribution in [0.25, 0.3) is 6.08 Å². The van der Waals surface area contributed by atoms with Crippen molar-refractivity contribution in [1.29, 1.82) is 0 Å². The number of aliphatic carboxylic acids is 1. The summed E-state index contributed by atoms with van der Waals surface area (Å²) in [7, 11) is 0. The van der Waals surface area contributed by atoms with E-state index >= 15 is 0 Å². The van der Waals surface area contributed by atoms with Gasteiger partial charge in [0, 0.05) is 5.56 Å². The number of ether oxygens (including phenoxy) is 1. The van der Waals surface area contributed by atoms with Crippen LogP contribution < -0.4 is 10.2 Å². The highest BCUT2D eigenvalue weighted by Crippen LogP contribution is 2.31. The molecule has 2 amide bonds. The molecule has 1 aliphatic heterocycles. The van der Waals surface area contributed by atoms with Gasteiger partial charge in [-0.2, -0.15) is 5.01 Å². The SMILES string of the molecule is Cc1ccc(C(=O)NN2C(=O)/C(=C\c3ccc(OCC(=O)O)cc3)SC2=S)cc1. The number of carboxylic acid groups (broad SMARTS) is 1. The van der Waals surface area contributed by atoms with E-state index in [0.717, 1.165) is 22.3 Å². The average molecular weight is 428 g/mol. The summed E-state index contributed by atoms with van der Waals surface area (Å²) in [4.78, 5) is 35.9. The van der Waals surface area contributed by atoms with Crippen LogP contribution in [0.3, 0.4) is 0 Å². The van der Waals surface area contributed by atoms with Crippen molar-refractivity contribution in [2.75, 3.05) is 6.61 Å². The first-order valence-electron chi connectivity index (χ1n) is 8.44. The molecule has 148 valence electrons. The number of carbonyl (C=O) groups is 3. The third-order valence-electron chi connectivity index (χ3n) is 3.86. The number of thioether (sulfide) groups is 1. The Morgan fingerprint density at radius 1 is 1.17 bits per heavy atom. The largest absolute Gasteiger partial charge is 0.482 e. The quantitative estimate of drug-likeness (QED) is 0.539. The minimum atomic E-state index is -1.06. The highest BCUT2D eigenvalue weighted by molar-refractivity contribution is 8.26. The molecule has 9 heteroatoms. The Kier molecular flexibility index (Phi) is 6.30. The van der Waals surface area contributed by atoms with E-state index in [1.165, 1.54) is 0 Å². The Balaban J connectivity index is 1.68. The molecule has 1 fully saturated rings. The van der Waals surface area contributed by atoms with E-state index in [0.29, 0.717) is 21.8 Å². The fraction of sp³-hybridized carbons (Fsp3) is 0.100. The Morgan fingerprint density at radius 3 is 2.45 bits per heavy atom. The van der Waals surface area contributed by atoms with E-state index in [2.05, 4.69) is 5.43 Å². The van der Waals surface area contributed by atoms with Crippen LogP contribution in [-0.4, -0.2) is 38.8 Å². The van der Waals surface area contributed by atoms with Crippen LogP contribution in [0, 0.1) is 6.92 Å². The lowest BCUT2D eigenvalue weighted by Crippen LogP contribution is -2.44. The summed E-state index contributed by atoms with van der Waals surface area (Å²) in [5.41, 5.74) is 4.68. The summed E-state index contributed by atoms with van der Waals surface area (Å²) in [6, 6.07) is 13.6. The van der Waals surface area contributed by atoms with Gasteiger partial charge in [0.2, 0.25) is 0 Å². The van der Waals surface area contributed by atoms with Crippen molar-refractivity contribution in [3.8, 4) is 5.75 Å². The number of hydrogen-bond donors (Lipinski definition) is 2. The van der Waals surface area contributed by atoms with E-state index in [1.54, 1.807) is 42.5 Å². The minimum absolute atomic E-state index is 0.225. The van der Waals surface area contributed by atoms with Gasteiger partial charge in [-0.25, -0.2) is 4.79 Å². The molecule has 3 rings (SSSR count). The van der Waals surface area contributed by atoms with Crippen LogP contribution in [0.2, 0.25) is 0 Å². The van der Waals surface area contributed by atoms with Gasteiger partial charge in [-0.3, -0.25) is 15.0 Å². The molecule has 2 aromatic rings. The Bertz CT molecular complexity index is 1000. The van der Waals surface area contributed by atoms with Gasteiger partial charge < -0.3 is 9.84 Å². The summed E-state index contributed by atoms with van der Waals surface area (Å²) >= 11 is 6.30. The molecule has 0 bridgehead atoms. The summed E-state index contributed by atoms with van der Waals surface area (Å²) < 4.78 is 5.30. The third-order valence-corrected chi connectivity index (χ3v) is 5.16. The number of hydrogen-bond acceptors (Lipinski definition) is 6. The standard InChI is InChI=1S/C20H16N2O5S2/c1-12-2-6-14(7-3-12)18(25)21-22-19(26)16(29-20(22)28)10-13-4-8-15(9-5-13)27-11-17(23)24/h2-10H,11H2,1H3,(H,21,25)(H,23,24)/b16-10+. The third kappa shape index (κ3) is 5.21. The molecule has 0 spiro atoms. The lowest BCUT2D eigenvalue weighted by molar-refractivity contribution is -0.139. The number of benzene rings is 2. The van der Waals surface area contributed by atoms with Gasteiger partial charge in [-0.15, -0.1) is 0 Å². The van der Waals surface area contributed by atoms with Crippen LogP contribution in [0.15, 0.2) is 53.4 Å². The molecule has 2 aromatic carbocycles. The molecule has 0 aliphatic carbocycles. The minimum Gasteiger partial charge on any atom is -0.482 e. The molecule has 7 nitrogen and oxygen atoms in total. The number of amides is 2. The van der Waals surface area contributed by atoms with Gasteiger partial charge in [0.25, 0.3) is 11.8 Å². The maximum absolute atomic E-state index is 12.6. The monoisotopic (exact) mass is 428 g/mol. The van der Waals surface area contributed by atoms with Crippen molar-refractivity contribution in [1.82, 2.24) is 10.4 Å². The predicted octanol–water partition coefficient (Wildman–Crippen LogP) is 3.00. The van der Waals surface area contributed by atoms with E-state index in [1.807, 2.05) is 19.1 Å². The Labute approximate surface area is 176 Å². The van der Waals surface area contributed by atoms with Crippen molar-refractivity contribution in [3.63, 3.8) is 0 Å². The maximum atomic E-state index is 12.6. The first kappa shape index (κ1) is 20.6. The molecule has 1 saturated heterocycles. The van der Waals surface area contributed by atoms with Gasteiger partial charge in [0.15, 0.2) is 10.9 Å². The predicted molar refractivity (Wildman–Crippen MR) is 113 cm³/mol. The summed E-state index contributed by atoms with van der Waals surface area (Å²) in [6.45, 7) is 1.48. The van der Waals surface area contributed by atoms with Gasteiger partial charge in [-0.05, 0) is 55.0 Å².